The lowest BCUT2D eigenvalue weighted by molar-refractivity contribution is -0.132. The summed E-state index contributed by atoms with van der Waals surface area (Å²) in [6.07, 6.45) is 1.46. The number of aromatic nitrogens is 1. The maximum atomic E-state index is 13.1. The first-order valence-electron chi connectivity index (χ1n) is 9.43. The number of thiazole rings is 1. The maximum absolute atomic E-state index is 13.1. The van der Waals surface area contributed by atoms with Crippen molar-refractivity contribution in [2.75, 3.05) is 12.0 Å². The number of para-hydroxylation sites is 1. The van der Waals surface area contributed by atoms with Crippen molar-refractivity contribution < 1.29 is 23.8 Å². The van der Waals surface area contributed by atoms with Gasteiger partial charge in [-0.05, 0) is 36.4 Å². The predicted molar refractivity (Wildman–Crippen MR) is 116 cm³/mol. The fourth-order valence-corrected chi connectivity index (χ4v) is 4.63. The van der Waals surface area contributed by atoms with Gasteiger partial charge in [-0.25, -0.2) is 4.98 Å². The number of hydrogen-bond acceptors (Lipinski definition) is 7. The summed E-state index contributed by atoms with van der Waals surface area (Å²) in [7, 11) is 1.51. The van der Waals surface area contributed by atoms with E-state index in [4.69, 9.17) is 9.15 Å². The number of ether oxygens (including phenoxy) is 1. The third kappa shape index (κ3) is 3.08. The molecular weight excluding hydrogens is 416 g/mol. The van der Waals surface area contributed by atoms with E-state index in [0.29, 0.717) is 22.2 Å². The molecule has 3 heterocycles. The van der Waals surface area contributed by atoms with E-state index in [2.05, 4.69) is 4.98 Å². The van der Waals surface area contributed by atoms with Gasteiger partial charge < -0.3 is 14.3 Å². The number of hydrogen-bond donors (Lipinski definition) is 1. The van der Waals surface area contributed by atoms with Gasteiger partial charge in [0.2, 0.25) is 0 Å². The molecule has 0 aliphatic carbocycles. The molecule has 1 amide bonds. The highest BCUT2D eigenvalue weighted by molar-refractivity contribution is 7.22. The second-order valence-corrected chi connectivity index (χ2v) is 7.89. The Morgan fingerprint density at radius 3 is 2.71 bits per heavy atom. The molecular formula is C23H16N2O5S. The minimum atomic E-state index is -0.943. The molecule has 0 radical (unpaired) electrons. The van der Waals surface area contributed by atoms with Crippen molar-refractivity contribution in [1.29, 1.82) is 0 Å². The van der Waals surface area contributed by atoms with Crippen LogP contribution in [-0.4, -0.2) is 28.9 Å². The molecule has 2 aromatic carbocycles. The topological polar surface area (TPSA) is 92.9 Å². The molecule has 1 aliphatic heterocycles. The monoisotopic (exact) mass is 432 g/mol. The number of furan rings is 1. The number of fused-ring (bicyclic) bond motifs is 1. The zero-order valence-corrected chi connectivity index (χ0v) is 17.1. The molecule has 4 aromatic rings. The maximum Gasteiger partial charge on any atom is 0.302 e. The van der Waals surface area contributed by atoms with Crippen LogP contribution in [0.4, 0.5) is 5.13 Å². The van der Waals surface area contributed by atoms with Gasteiger partial charge in [0.25, 0.3) is 5.78 Å². The standard InChI is InChI=1S/C23H16N2O5S/c1-29-14-7-4-6-13(12-14)20(26)18-19(16-9-5-11-30-16)25(22(28)21(18)27)23-24-15-8-2-3-10-17(15)31-23/h2-12,19,26H,1H3/b20-18+. The molecule has 1 unspecified atom stereocenters. The minimum absolute atomic E-state index is 0.0625. The van der Waals surface area contributed by atoms with Crippen molar-refractivity contribution in [3.05, 3.63) is 83.8 Å². The number of ketones is 1. The molecule has 31 heavy (non-hydrogen) atoms. The first-order chi connectivity index (χ1) is 15.1. The summed E-state index contributed by atoms with van der Waals surface area (Å²) in [6.45, 7) is 0. The summed E-state index contributed by atoms with van der Waals surface area (Å²) < 4.78 is 11.7. The Morgan fingerprint density at radius 2 is 1.97 bits per heavy atom. The molecule has 1 fully saturated rings. The van der Waals surface area contributed by atoms with Gasteiger partial charge in [-0.1, -0.05) is 35.6 Å². The van der Waals surface area contributed by atoms with Gasteiger partial charge in [-0.3, -0.25) is 14.5 Å². The molecule has 1 atom stereocenters. The van der Waals surface area contributed by atoms with Crippen molar-refractivity contribution in [2.24, 2.45) is 0 Å². The molecule has 154 valence electrons. The second-order valence-electron chi connectivity index (χ2n) is 6.88. The number of carbonyl (C=O) groups excluding carboxylic acids is 2. The predicted octanol–water partition coefficient (Wildman–Crippen LogP) is 4.52. The number of benzene rings is 2. The van der Waals surface area contributed by atoms with Crippen LogP contribution in [-0.2, 0) is 9.59 Å². The summed E-state index contributed by atoms with van der Waals surface area (Å²) in [5, 5.41) is 11.4. The summed E-state index contributed by atoms with van der Waals surface area (Å²) in [6, 6.07) is 16.5. The number of aliphatic hydroxyl groups is 1. The van der Waals surface area contributed by atoms with E-state index >= 15 is 0 Å². The van der Waals surface area contributed by atoms with Crippen molar-refractivity contribution in [2.45, 2.75) is 6.04 Å². The number of rotatable bonds is 4. The Labute approximate surface area is 180 Å². The van der Waals surface area contributed by atoms with Crippen molar-refractivity contribution >= 4 is 44.1 Å². The normalized spacial score (nSPS) is 18.1. The van der Waals surface area contributed by atoms with E-state index in [1.807, 2.05) is 24.3 Å². The molecule has 1 saturated heterocycles. The van der Waals surface area contributed by atoms with Crippen LogP contribution in [0.5, 0.6) is 5.75 Å². The average Bonchev–Trinajstić information content (AvgIpc) is 3.52. The van der Waals surface area contributed by atoms with E-state index in [9.17, 15) is 14.7 Å². The van der Waals surface area contributed by atoms with Crippen LogP contribution in [0.15, 0.2) is 76.9 Å². The van der Waals surface area contributed by atoms with E-state index < -0.39 is 17.7 Å². The Morgan fingerprint density at radius 1 is 1.13 bits per heavy atom. The van der Waals surface area contributed by atoms with Gasteiger partial charge >= 0.3 is 5.91 Å². The van der Waals surface area contributed by atoms with Crippen molar-refractivity contribution in [1.82, 2.24) is 4.98 Å². The molecule has 0 bridgehead atoms. The largest absolute Gasteiger partial charge is 0.507 e. The number of methoxy groups -OCH3 is 1. The minimum Gasteiger partial charge on any atom is -0.507 e. The molecule has 0 saturated carbocycles. The fraction of sp³-hybridized carbons (Fsp3) is 0.0870. The van der Waals surface area contributed by atoms with E-state index in [-0.39, 0.29) is 11.3 Å². The van der Waals surface area contributed by atoms with E-state index in [1.54, 1.807) is 36.4 Å². The highest BCUT2D eigenvalue weighted by Gasteiger charge is 2.49. The molecule has 0 spiro atoms. The van der Waals surface area contributed by atoms with Gasteiger partial charge in [0.15, 0.2) is 5.13 Å². The summed E-state index contributed by atoms with van der Waals surface area (Å²) in [5.41, 5.74) is 1.01. The van der Waals surface area contributed by atoms with Crippen LogP contribution in [0.25, 0.3) is 16.0 Å². The number of nitrogens with zero attached hydrogens (tertiary/aromatic N) is 2. The Hall–Kier alpha value is -3.91. The lowest BCUT2D eigenvalue weighted by Gasteiger charge is -2.20. The molecule has 8 heteroatoms. The smallest absolute Gasteiger partial charge is 0.302 e. The quantitative estimate of drug-likeness (QED) is 0.289. The van der Waals surface area contributed by atoms with Crippen molar-refractivity contribution in [3.8, 4) is 5.75 Å². The highest BCUT2D eigenvalue weighted by Crippen LogP contribution is 2.44. The van der Waals surface area contributed by atoms with Crippen LogP contribution >= 0.6 is 11.3 Å². The van der Waals surface area contributed by atoms with Gasteiger partial charge in [0, 0.05) is 5.56 Å². The third-order valence-electron chi connectivity index (χ3n) is 5.09. The zero-order chi connectivity index (χ0) is 21.5. The molecule has 5 rings (SSSR count). The van der Waals surface area contributed by atoms with Crippen LogP contribution in [0.3, 0.4) is 0 Å². The van der Waals surface area contributed by atoms with Crippen LogP contribution in [0.2, 0.25) is 0 Å². The lowest BCUT2D eigenvalue weighted by Crippen LogP contribution is -2.29. The number of amides is 1. The third-order valence-corrected chi connectivity index (χ3v) is 6.12. The SMILES string of the molecule is COc1cccc(/C(O)=C2\C(=O)C(=O)N(c3nc4ccccc4s3)C2c2ccco2)c1. The molecule has 7 nitrogen and oxygen atoms in total. The average molecular weight is 432 g/mol. The zero-order valence-electron chi connectivity index (χ0n) is 16.3. The van der Waals surface area contributed by atoms with Crippen molar-refractivity contribution in [3.63, 3.8) is 0 Å². The van der Waals surface area contributed by atoms with Gasteiger partial charge in [-0.2, -0.15) is 0 Å². The van der Waals surface area contributed by atoms with Gasteiger partial charge in [-0.15, -0.1) is 0 Å². The molecule has 1 aliphatic rings. The van der Waals surface area contributed by atoms with Gasteiger partial charge in [0.05, 0.1) is 29.2 Å². The summed E-state index contributed by atoms with van der Waals surface area (Å²) in [4.78, 5) is 32.0. The van der Waals surface area contributed by atoms with Gasteiger partial charge in [0.1, 0.15) is 23.3 Å². The molecule has 1 N–H and O–H groups in total. The first-order valence-corrected chi connectivity index (χ1v) is 10.2. The number of aliphatic hydroxyl groups excluding tert-OH is 1. The number of anilines is 1. The Kier molecular flexibility index (Phi) is 4.56. The lowest BCUT2D eigenvalue weighted by atomic mass is 9.99. The number of carbonyl (C=O) groups is 2. The van der Waals surface area contributed by atoms with E-state index in [1.165, 1.54) is 29.6 Å². The van der Waals surface area contributed by atoms with Crippen LogP contribution < -0.4 is 9.64 Å². The van der Waals surface area contributed by atoms with Crippen LogP contribution in [0.1, 0.15) is 17.4 Å². The highest BCUT2D eigenvalue weighted by atomic mass is 32.1. The molecule has 2 aromatic heterocycles. The Balaban J connectivity index is 1.71. The Bertz CT molecular complexity index is 1310. The first kappa shape index (κ1) is 19.1. The van der Waals surface area contributed by atoms with Crippen LogP contribution in [0, 0.1) is 0 Å². The fourth-order valence-electron chi connectivity index (χ4n) is 3.63. The number of Topliss-reactive ketones (excluding diaryl/α,β-unsaturated/α-hetero) is 1. The summed E-state index contributed by atoms with van der Waals surface area (Å²) in [5.74, 6) is -1.02. The second kappa shape index (κ2) is 7.41. The summed E-state index contributed by atoms with van der Waals surface area (Å²) >= 11 is 1.29. The van der Waals surface area contributed by atoms with E-state index in [0.717, 1.165) is 10.2 Å².